The quantitative estimate of drug-likeness (QED) is 0.596. The minimum atomic E-state index is -0.347. The monoisotopic (exact) mass is 296 g/mol. The summed E-state index contributed by atoms with van der Waals surface area (Å²) in [6.07, 6.45) is 6.84. The van der Waals surface area contributed by atoms with E-state index < -0.39 is 0 Å². The Morgan fingerprint density at radius 3 is 2.15 bits per heavy atom. The molecule has 0 aliphatic heterocycles. The molecule has 0 N–H and O–H groups in total. The molecule has 0 unspecified atom stereocenters. The summed E-state index contributed by atoms with van der Waals surface area (Å²) in [5, 5.41) is 0.586. The maximum atomic E-state index is 6.40. The molecule has 1 aromatic heterocycles. The Bertz CT molecular complexity index is 443. The third-order valence-electron chi connectivity index (χ3n) is 4.38. The van der Waals surface area contributed by atoms with E-state index in [0.29, 0.717) is 11.1 Å². The molecule has 1 saturated carbocycles. The molecule has 1 aromatic rings. The lowest BCUT2D eigenvalue weighted by Crippen LogP contribution is -2.31. The van der Waals surface area contributed by atoms with Crippen molar-refractivity contribution in [2.24, 2.45) is 0 Å². The lowest BCUT2D eigenvalue weighted by molar-refractivity contribution is -0.0353. The fraction of sp³-hybridized carbons (Fsp3) is 0.750. The van der Waals surface area contributed by atoms with Gasteiger partial charge in [-0.15, -0.1) is 0 Å². The van der Waals surface area contributed by atoms with Gasteiger partial charge in [-0.05, 0) is 25.7 Å². The summed E-state index contributed by atoms with van der Waals surface area (Å²) in [5.74, 6) is 1.11. The average Bonchev–Trinajstić information content (AvgIpc) is 2.63. The predicted molar refractivity (Wildman–Crippen MR) is 82.3 cm³/mol. The van der Waals surface area contributed by atoms with Gasteiger partial charge in [0.1, 0.15) is 10.8 Å². The third kappa shape index (κ3) is 2.99. The summed E-state index contributed by atoms with van der Waals surface area (Å²) in [6, 6.07) is 0. The molecule has 1 fully saturated rings. The Labute approximate surface area is 127 Å². The molecule has 0 radical (unpaired) electrons. The van der Waals surface area contributed by atoms with Crippen molar-refractivity contribution in [2.75, 3.05) is 7.11 Å². The molecule has 0 saturated heterocycles. The fourth-order valence-electron chi connectivity index (χ4n) is 3.22. The molecular weight excluding hydrogens is 272 g/mol. The van der Waals surface area contributed by atoms with Gasteiger partial charge < -0.3 is 4.74 Å². The van der Waals surface area contributed by atoms with Crippen molar-refractivity contribution in [3.63, 3.8) is 0 Å². The number of nitrogens with zero attached hydrogens (tertiary/aromatic N) is 2. The molecule has 0 spiro atoms. The number of halogens is 1. The summed E-state index contributed by atoms with van der Waals surface area (Å²) in [6.45, 7) is 6.26. The summed E-state index contributed by atoms with van der Waals surface area (Å²) in [7, 11) is 1.77. The first-order chi connectivity index (χ1) is 9.50. The molecule has 1 aliphatic carbocycles. The van der Waals surface area contributed by atoms with Crippen molar-refractivity contribution in [3.05, 3.63) is 22.2 Å². The molecule has 1 aliphatic rings. The SMILES string of the molecule is COC1(c2nc(C)c(C(C)C)c(Cl)n2)CCCCCC1. The van der Waals surface area contributed by atoms with E-state index in [9.17, 15) is 0 Å². The van der Waals surface area contributed by atoms with Gasteiger partial charge in [-0.2, -0.15) is 0 Å². The van der Waals surface area contributed by atoms with Crippen molar-refractivity contribution in [2.45, 2.75) is 70.8 Å². The molecule has 0 atom stereocenters. The van der Waals surface area contributed by atoms with E-state index in [1.165, 1.54) is 25.7 Å². The van der Waals surface area contributed by atoms with Crippen LogP contribution in [0.15, 0.2) is 0 Å². The second-order valence-corrected chi connectivity index (χ2v) is 6.46. The van der Waals surface area contributed by atoms with Gasteiger partial charge in [0.15, 0.2) is 5.82 Å². The van der Waals surface area contributed by atoms with E-state index >= 15 is 0 Å². The average molecular weight is 297 g/mol. The third-order valence-corrected chi connectivity index (χ3v) is 4.66. The number of rotatable bonds is 3. The lowest BCUT2D eigenvalue weighted by Gasteiger charge is -2.30. The van der Waals surface area contributed by atoms with Gasteiger partial charge in [0, 0.05) is 18.4 Å². The second kappa shape index (κ2) is 6.40. The Balaban J connectivity index is 2.45. The number of methoxy groups -OCH3 is 1. The van der Waals surface area contributed by atoms with Crippen molar-refractivity contribution < 1.29 is 4.74 Å². The van der Waals surface area contributed by atoms with Gasteiger partial charge in [0.05, 0.1) is 0 Å². The van der Waals surface area contributed by atoms with E-state index in [-0.39, 0.29) is 5.60 Å². The first-order valence-electron chi connectivity index (χ1n) is 7.60. The Kier molecular flexibility index (Phi) is 5.03. The van der Waals surface area contributed by atoms with Gasteiger partial charge in [-0.25, -0.2) is 9.97 Å². The largest absolute Gasteiger partial charge is 0.370 e. The molecule has 2 rings (SSSR count). The van der Waals surface area contributed by atoms with Crippen molar-refractivity contribution in [3.8, 4) is 0 Å². The summed E-state index contributed by atoms with van der Waals surface area (Å²) >= 11 is 6.40. The highest BCUT2D eigenvalue weighted by Gasteiger charge is 2.36. The molecule has 0 amide bonds. The molecule has 4 heteroatoms. The maximum absolute atomic E-state index is 6.40. The number of hydrogen-bond acceptors (Lipinski definition) is 3. The van der Waals surface area contributed by atoms with Crippen LogP contribution in [0.2, 0.25) is 5.15 Å². The van der Waals surface area contributed by atoms with Crippen LogP contribution >= 0.6 is 11.6 Å². The van der Waals surface area contributed by atoms with Crippen LogP contribution < -0.4 is 0 Å². The zero-order valence-corrected chi connectivity index (χ0v) is 13.8. The lowest BCUT2D eigenvalue weighted by atomic mass is 9.92. The zero-order valence-electron chi connectivity index (χ0n) is 13.0. The standard InChI is InChI=1S/C16H25ClN2O/c1-11(2)13-12(3)18-15(19-14(13)17)16(20-4)9-7-5-6-8-10-16/h11H,5-10H2,1-4H3. The number of aromatic nitrogens is 2. The topological polar surface area (TPSA) is 35.0 Å². The highest BCUT2D eigenvalue weighted by molar-refractivity contribution is 6.30. The maximum Gasteiger partial charge on any atom is 0.162 e. The van der Waals surface area contributed by atoms with Crippen LogP contribution in [-0.2, 0) is 10.3 Å². The summed E-state index contributed by atoms with van der Waals surface area (Å²) in [4.78, 5) is 9.34. The minimum Gasteiger partial charge on any atom is -0.370 e. The van der Waals surface area contributed by atoms with E-state index in [4.69, 9.17) is 21.3 Å². The van der Waals surface area contributed by atoms with Gasteiger partial charge in [0.25, 0.3) is 0 Å². The van der Waals surface area contributed by atoms with E-state index in [2.05, 4.69) is 18.8 Å². The Morgan fingerprint density at radius 2 is 1.70 bits per heavy atom. The molecule has 0 bridgehead atoms. The second-order valence-electron chi connectivity index (χ2n) is 6.10. The molecule has 1 heterocycles. The zero-order chi connectivity index (χ0) is 14.8. The van der Waals surface area contributed by atoms with Crippen LogP contribution in [0, 0.1) is 6.92 Å². The van der Waals surface area contributed by atoms with Crippen LogP contribution in [0.1, 0.15) is 75.4 Å². The highest BCUT2D eigenvalue weighted by Crippen LogP contribution is 2.38. The van der Waals surface area contributed by atoms with Crippen molar-refractivity contribution >= 4 is 11.6 Å². The van der Waals surface area contributed by atoms with Crippen LogP contribution in [-0.4, -0.2) is 17.1 Å². The van der Waals surface area contributed by atoms with E-state index in [0.717, 1.165) is 29.9 Å². The van der Waals surface area contributed by atoms with Gasteiger partial charge in [0.2, 0.25) is 0 Å². The minimum absolute atomic E-state index is 0.337. The Morgan fingerprint density at radius 1 is 1.10 bits per heavy atom. The first-order valence-corrected chi connectivity index (χ1v) is 7.97. The van der Waals surface area contributed by atoms with Gasteiger partial charge in [-0.1, -0.05) is 51.1 Å². The normalized spacial score (nSPS) is 19.1. The first kappa shape index (κ1) is 15.7. The van der Waals surface area contributed by atoms with E-state index in [1.807, 2.05) is 6.92 Å². The molecular formula is C16H25ClN2O. The van der Waals surface area contributed by atoms with Crippen LogP contribution in [0.5, 0.6) is 0 Å². The number of ether oxygens (including phenoxy) is 1. The smallest absolute Gasteiger partial charge is 0.162 e. The molecule has 20 heavy (non-hydrogen) atoms. The Hall–Kier alpha value is -0.670. The van der Waals surface area contributed by atoms with Crippen LogP contribution in [0.4, 0.5) is 0 Å². The summed E-state index contributed by atoms with van der Waals surface area (Å²) < 4.78 is 5.87. The van der Waals surface area contributed by atoms with Crippen molar-refractivity contribution in [1.82, 2.24) is 9.97 Å². The fourth-order valence-corrected chi connectivity index (χ4v) is 3.66. The van der Waals surface area contributed by atoms with E-state index in [1.54, 1.807) is 7.11 Å². The molecule has 112 valence electrons. The molecule has 0 aromatic carbocycles. The summed E-state index contributed by atoms with van der Waals surface area (Å²) in [5.41, 5.74) is 1.69. The van der Waals surface area contributed by atoms with Crippen molar-refractivity contribution in [1.29, 1.82) is 0 Å². The van der Waals surface area contributed by atoms with Crippen LogP contribution in [0.25, 0.3) is 0 Å². The number of hydrogen-bond donors (Lipinski definition) is 0. The molecule has 3 nitrogen and oxygen atoms in total. The van der Waals surface area contributed by atoms with Gasteiger partial charge in [-0.3, -0.25) is 0 Å². The van der Waals surface area contributed by atoms with Gasteiger partial charge >= 0.3 is 0 Å². The number of aryl methyl sites for hydroxylation is 1. The predicted octanol–water partition coefficient (Wildman–Crippen LogP) is 4.76. The van der Waals surface area contributed by atoms with Crippen LogP contribution in [0.3, 0.4) is 0 Å². The highest BCUT2D eigenvalue weighted by atomic mass is 35.5.